The number of morpholine rings is 1. The highest BCUT2D eigenvalue weighted by Gasteiger charge is 2.24. The average Bonchev–Trinajstić information content (AvgIpc) is 3.44. The number of benzene rings is 3. The minimum Gasteiger partial charge on any atom is -0.494 e. The number of anilines is 2. The summed E-state index contributed by atoms with van der Waals surface area (Å²) in [5, 5.41) is 24.1. The number of hydrazine groups is 1. The number of amides is 1. The van der Waals surface area contributed by atoms with Gasteiger partial charge < -0.3 is 30.2 Å². The molecule has 1 amide bonds. The Balaban J connectivity index is 1.57. The van der Waals surface area contributed by atoms with Crippen LogP contribution in [-0.4, -0.2) is 90.8 Å². The van der Waals surface area contributed by atoms with E-state index in [2.05, 4.69) is 21.6 Å². The molecule has 14 heteroatoms. The fourth-order valence-electron chi connectivity index (χ4n) is 7.25. The smallest absolute Gasteiger partial charge is 0.335 e. The molecule has 1 aliphatic heterocycles. The van der Waals surface area contributed by atoms with Crippen molar-refractivity contribution in [2.24, 2.45) is 12.9 Å². The zero-order valence-electron chi connectivity index (χ0n) is 33.8. The summed E-state index contributed by atoms with van der Waals surface area (Å²) in [5.74, 6) is 6.45. The number of halogens is 2. The molecule has 4 aromatic rings. The van der Waals surface area contributed by atoms with Gasteiger partial charge in [0.1, 0.15) is 5.75 Å². The van der Waals surface area contributed by atoms with Crippen LogP contribution in [0.3, 0.4) is 0 Å². The number of carboxylic acids is 1. The number of aryl methyl sites for hydroxylation is 4. The van der Waals surface area contributed by atoms with Crippen molar-refractivity contribution in [2.45, 2.75) is 59.9 Å². The van der Waals surface area contributed by atoms with E-state index < -0.39 is 5.97 Å². The Labute approximate surface area is 345 Å². The minimum atomic E-state index is -1.02. The van der Waals surface area contributed by atoms with Crippen LogP contribution < -0.4 is 26.2 Å². The van der Waals surface area contributed by atoms with Crippen molar-refractivity contribution in [1.82, 2.24) is 20.0 Å². The predicted octanol–water partition coefficient (Wildman–Crippen LogP) is 7.37. The second-order valence-corrected chi connectivity index (χ2v) is 15.4. The fourth-order valence-corrected chi connectivity index (χ4v) is 7.61. The van der Waals surface area contributed by atoms with Crippen LogP contribution in [0.2, 0.25) is 10.0 Å². The molecule has 5 N–H and O–H groups in total. The molecule has 306 valence electrons. The average molecular weight is 821 g/mol. The van der Waals surface area contributed by atoms with Gasteiger partial charge >= 0.3 is 5.97 Å². The fraction of sp³-hybridized carbons (Fsp3) is 0.419. The Morgan fingerprint density at radius 2 is 1.81 bits per heavy atom. The summed E-state index contributed by atoms with van der Waals surface area (Å²) in [6.45, 7) is 15.0. The quantitative estimate of drug-likeness (QED) is 0.0327. The summed E-state index contributed by atoms with van der Waals surface area (Å²) in [5.41, 5.74) is 9.98. The molecular weight excluding hydrogens is 765 g/mol. The van der Waals surface area contributed by atoms with Gasteiger partial charge in [0.15, 0.2) is 0 Å². The lowest BCUT2D eigenvalue weighted by molar-refractivity contribution is -0.109. The Hall–Kier alpha value is -4.59. The lowest BCUT2D eigenvalue weighted by atomic mass is 9.91. The molecule has 2 heterocycles. The summed E-state index contributed by atoms with van der Waals surface area (Å²) >= 11 is 13.5. The highest BCUT2D eigenvalue weighted by atomic mass is 35.5. The van der Waals surface area contributed by atoms with Crippen LogP contribution in [0, 0.1) is 27.7 Å². The second kappa shape index (κ2) is 20.2. The van der Waals surface area contributed by atoms with Gasteiger partial charge in [-0.05, 0) is 106 Å². The van der Waals surface area contributed by atoms with E-state index in [1.165, 1.54) is 0 Å². The third kappa shape index (κ3) is 11.1. The first-order valence-corrected chi connectivity index (χ1v) is 20.1. The zero-order valence-corrected chi connectivity index (χ0v) is 35.3. The number of nitrogens with two attached hydrogens (primary N) is 1. The zero-order chi connectivity index (χ0) is 41.2. The molecule has 1 aromatic heterocycles. The first-order valence-electron chi connectivity index (χ1n) is 19.3. The van der Waals surface area contributed by atoms with Crippen LogP contribution in [0.4, 0.5) is 11.4 Å². The number of allylic oxidation sites excluding steroid dienone is 2. The molecular formula is C43H55Cl2N7O5. The molecule has 3 aromatic carbocycles. The number of ether oxygens (including phenoxy) is 2. The Bertz CT molecular complexity index is 2060. The highest BCUT2D eigenvalue weighted by molar-refractivity contribution is 6.34. The standard InChI is InChI=1S/C43H55Cl2N7O5/c1-27-22-35(23-28(2)41(27)45)57-19-7-8-32(9-10-33-11-12-34(43(54)55)24-38(33)52(46)16-15-51-17-20-56-21-18-51)36-13-14-37(44)40(39-30(4)49-50(6)31(39)5)42(36)48-29(3)25-47-26-53/h9,11-14,22-24,26,29,48H,7-8,10,15-21,25,46H2,1-6H3,(H,47,53)(H,54,55)/b32-9+/t29-/m1/s1. The van der Waals surface area contributed by atoms with E-state index in [1.54, 1.807) is 17.1 Å². The van der Waals surface area contributed by atoms with Crippen molar-refractivity contribution in [3.8, 4) is 16.9 Å². The molecule has 0 saturated carbocycles. The van der Waals surface area contributed by atoms with Crippen LogP contribution >= 0.6 is 23.2 Å². The number of hydrogen-bond donors (Lipinski definition) is 4. The molecule has 0 spiro atoms. The van der Waals surface area contributed by atoms with Crippen LogP contribution in [0.15, 0.2) is 48.5 Å². The Morgan fingerprint density at radius 1 is 1.09 bits per heavy atom. The van der Waals surface area contributed by atoms with Gasteiger partial charge in [0, 0.05) is 73.2 Å². The minimum absolute atomic E-state index is 0.156. The first-order chi connectivity index (χ1) is 27.3. The molecule has 0 radical (unpaired) electrons. The van der Waals surface area contributed by atoms with Gasteiger partial charge in [-0.1, -0.05) is 41.4 Å². The third-order valence-electron chi connectivity index (χ3n) is 10.4. The number of aromatic carboxylic acids is 1. The van der Waals surface area contributed by atoms with E-state index in [-0.39, 0.29) is 11.6 Å². The number of aromatic nitrogens is 2. The third-order valence-corrected chi connectivity index (χ3v) is 11.3. The van der Waals surface area contributed by atoms with E-state index in [1.807, 2.05) is 76.7 Å². The van der Waals surface area contributed by atoms with Crippen molar-refractivity contribution in [3.05, 3.63) is 97.8 Å². The summed E-state index contributed by atoms with van der Waals surface area (Å²) in [6.07, 6.45) is 4.67. The van der Waals surface area contributed by atoms with E-state index in [0.717, 1.165) is 86.4 Å². The number of nitrogens with zero attached hydrogens (tertiary/aromatic N) is 4. The number of hydrogen-bond acceptors (Lipinski definition) is 9. The van der Waals surface area contributed by atoms with Crippen LogP contribution in [0.25, 0.3) is 16.7 Å². The lowest BCUT2D eigenvalue weighted by Gasteiger charge is -2.29. The van der Waals surface area contributed by atoms with E-state index in [4.69, 9.17) is 43.6 Å². The number of nitrogens with one attached hydrogen (secondary N) is 2. The maximum Gasteiger partial charge on any atom is 0.335 e. The van der Waals surface area contributed by atoms with Gasteiger partial charge in [0.2, 0.25) is 6.41 Å². The topological polar surface area (TPSA) is 147 Å². The van der Waals surface area contributed by atoms with Crippen LogP contribution in [-0.2, 0) is 23.0 Å². The number of carboxylic acid groups (broad SMARTS) is 1. The molecule has 1 aliphatic rings. The van der Waals surface area contributed by atoms with E-state index >= 15 is 0 Å². The van der Waals surface area contributed by atoms with Gasteiger partial charge in [-0.3, -0.25) is 14.4 Å². The molecule has 57 heavy (non-hydrogen) atoms. The largest absolute Gasteiger partial charge is 0.494 e. The Morgan fingerprint density at radius 3 is 2.46 bits per heavy atom. The number of carbonyl (C=O) groups excluding carboxylic acids is 1. The van der Waals surface area contributed by atoms with Crippen LogP contribution in [0.5, 0.6) is 5.75 Å². The maximum absolute atomic E-state index is 12.1. The van der Waals surface area contributed by atoms with Crippen molar-refractivity contribution >= 4 is 52.5 Å². The Kier molecular flexibility index (Phi) is 15.4. The van der Waals surface area contributed by atoms with Gasteiger partial charge in [-0.2, -0.15) is 5.10 Å². The maximum atomic E-state index is 12.1. The van der Waals surface area contributed by atoms with Gasteiger partial charge in [0.25, 0.3) is 0 Å². The molecule has 0 bridgehead atoms. The van der Waals surface area contributed by atoms with Gasteiger partial charge in [0.05, 0.1) is 47.5 Å². The molecule has 5 rings (SSSR count). The van der Waals surface area contributed by atoms with Crippen molar-refractivity contribution < 1.29 is 24.2 Å². The molecule has 1 atom stereocenters. The first kappa shape index (κ1) is 43.5. The summed E-state index contributed by atoms with van der Waals surface area (Å²) < 4.78 is 13.6. The highest BCUT2D eigenvalue weighted by Crippen LogP contribution is 2.44. The van der Waals surface area contributed by atoms with Gasteiger partial charge in [-0.25, -0.2) is 10.6 Å². The molecule has 12 nitrogen and oxygen atoms in total. The second-order valence-electron chi connectivity index (χ2n) is 14.6. The van der Waals surface area contributed by atoms with Gasteiger partial charge in [-0.15, -0.1) is 0 Å². The number of carbonyl (C=O) groups is 2. The summed E-state index contributed by atoms with van der Waals surface area (Å²) in [4.78, 5) is 25.7. The van der Waals surface area contributed by atoms with E-state index in [0.29, 0.717) is 69.3 Å². The lowest BCUT2D eigenvalue weighted by Crippen LogP contribution is -2.43. The normalized spacial score (nSPS) is 14.0. The van der Waals surface area contributed by atoms with Crippen molar-refractivity contribution in [1.29, 1.82) is 0 Å². The summed E-state index contributed by atoms with van der Waals surface area (Å²) in [7, 11) is 1.91. The van der Waals surface area contributed by atoms with Crippen molar-refractivity contribution in [3.63, 3.8) is 0 Å². The van der Waals surface area contributed by atoms with E-state index in [9.17, 15) is 14.7 Å². The van der Waals surface area contributed by atoms with Crippen LogP contribution in [0.1, 0.15) is 63.8 Å². The predicted molar refractivity (Wildman–Crippen MR) is 230 cm³/mol. The number of rotatable bonds is 19. The molecule has 1 saturated heterocycles. The monoisotopic (exact) mass is 819 g/mol. The SMILES string of the molecule is Cc1cc(OCCC/C(=C\Cc2ccc(C(=O)O)cc2N(N)CCN2CCOCC2)c2ccc(Cl)c(-c3c(C)nn(C)c3C)c2N[C@H](C)CNC=O)cc(C)c1Cl. The molecule has 1 fully saturated rings. The summed E-state index contributed by atoms with van der Waals surface area (Å²) in [6, 6.07) is 12.8. The molecule has 0 unspecified atom stereocenters. The molecule has 0 aliphatic carbocycles. The van der Waals surface area contributed by atoms with Crippen molar-refractivity contribution in [2.75, 3.05) is 62.9 Å².